The first-order chi connectivity index (χ1) is 45.7. The lowest BCUT2D eigenvalue weighted by atomic mass is 10.1. The lowest BCUT2D eigenvalue weighted by molar-refractivity contribution is -0.133. The van der Waals surface area contributed by atoms with Crippen LogP contribution in [-0.4, -0.2) is 146 Å². The highest BCUT2D eigenvalue weighted by molar-refractivity contribution is 5.94. The van der Waals surface area contributed by atoms with Crippen molar-refractivity contribution in [1.29, 1.82) is 0 Å². The van der Waals surface area contributed by atoms with Gasteiger partial charge >= 0.3 is 0 Å². The van der Waals surface area contributed by atoms with Crippen LogP contribution >= 0.6 is 49.6 Å². The zero-order chi connectivity index (χ0) is 69.3. The molecule has 8 amide bonds. The van der Waals surface area contributed by atoms with Gasteiger partial charge < -0.3 is 75.7 Å². The molecule has 0 fully saturated rings. The monoisotopic (exact) mass is 1470 g/mol. The van der Waals surface area contributed by atoms with Crippen LogP contribution in [0, 0.1) is 0 Å². The molecule has 0 rings (SSSR count). The van der Waals surface area contributed by atoms with Crippen LogP contribution in [-0.2, 0) is 38.4 Å². The lowest BCUT2D eigenvalue weighted by Gasteiger charge is -2.23. The summed E-state index contributed by atoms with van der Waals surface area (Å²) in [4.78, 5) is 105. The Kier molecular flexibility index (Phi) is 79.5. The maximum Gasteiger partial charge on any atom is 0.245 e. The molecule has 0 aliphatic heterocycles. The minimum absolute atomic E-state index is 0. The van der Waals surface area contributed by atoms with E-state index in [2.05, 4.69) is 80.7 Å². The van der Waals surface area contributed by atoms with Crippen molar-refractivity contribution in [2.45, 2.75) is 333 Å². The number of nitrogens with one attached hydrogen (secondary N) is 8. The Hall–Kier alpha value is -3.84. The van der Waals surface area contributed by atoms with Gasteiger partial charge in [0.05, 0.1) is 25.3 Å². The predicted molar refractivity (Wildman–Crippen MR) is 410 cm³/mol. The van der Waals surface area contributed by atoms with Gasteiger partial charge in [0.25, 0.3) is 0 Å². The van der Waals surface area contributed by atoms with E-state index < -0.39 is 73.1 Å². The molecule has 0 saturated carbocycles. The van der Waals surface area contributed by atoms with E-state index in [4.69, 9.17) is 22.9 Å². The molecule has 0 heterocycles. The highest BCUT2D eigenvalue weighted by Crippen LogP contribution is 2.14. The standard InChI is InChI=1S/C72H138N12O10.4ClH/c1-3-5-7-9-11-13-15-17-19-21-23-25-27-29-31-41-55-79-69(91)61(81-71(93)63(57-85)83-67(89)59(75)45-35-39-51-73)47-37-43-53-77-65(87)49-33-34-50-66(88)78-54-44-38-48-62(82-72(94)64(58-86)84-68(90)60(76)46-36-40-52-74)70(92)80-56-42-32-30-28-26-24-22-20-18-16-14-12-10-8-6-4-2;;;;/h17-20,59-64,85-86H,3-16,21-58,73-76H2,1-2H3,(H,77,87)(H,78,88)(H,79,91)(H,80,92)(H,81,93)(H,82,94)(H,83,89)(H,84,90);4*1H/b19-17-,20-18-;;;;. The molecule has 26 heteroatoms. The van der Waals surface area contributed by atoms with Crippen LogP contribution in [0.1, 0.15) is 296 Å². The van der Waals surface area contributed by atoms with Gasteiger partial charge in [0.15, 0.2) is 0 Å². The van der Waals surface area contributed by atoms with Crippen molar-refractivity contribution in [2.75, 3.05) is 52.5 Å². The van der Waals surface area contributed by atoms with E-state index in [1.165, 1.54) is 89.9 Å². The number of halogens is 4. The Morgan fingerprint density at radius 1 is 0.306 bits per heavy atom. The normalized spacial score (nSPS) is 12.9. The summed E-state index contributed by atoms with van der Waals surface area (Å²) in [6.07, 6.45) is 49.4. The summed E-state index contributed by atoms with van der Waals surface area (Å²) in [6.45, 7) is 5.58. The number of allylic oxidation sites excluding steroid dienone is 4. The number of hydrogen-bond acceptors (Lipinski definition) is 14. The van der Waals surface area contributed by atoms with Crippen molar-refractivity contribution < 1.29 is 48.6 Å². The van der Waals surface area contributed by atoms with E-state index >= 15 is 0 Å². The van der Waals surface area contributed by atoms with E-state index in [0.29, 0.717) is 116 Å². The topological polar surface area (TPSA) is 377 Å². The SMILES string of the molecule is CCCCCCCC/C=C\CCCCCCCCNC(=O)C(CCCCNC(=O)CCCCC(=O)NCCCCC(NC(=O)C(CO)NC(=O)C(N)CCCCN)C(=O)NCCCCCCCC/C=C\CCCCCCCC)NC(=O)C(CO)NC(=O)C(N)CCCCN.Cl.Cl.Cl.Cl. The number of unbranched alkanes of at least 4 members (excludes halogenated alkanes) is 29. The highest BCUT2D eigenvalue weighted by atomic mass is 35.5. The molecule has 6 unspecified atom stereocenters. The van der Waals surface area contributed by atoms with Crippen LogP contribution in [0.25, 0.3) is 0 Å². The van der Waals surface area contributed by atoms with E-state index in [-0.39, 0.29) is 98.9 Å². The summed E-state index contributed by atoms with van der Waals surface area (Å²) in [5.74, 6) is -3.67. The van der Waals surface area contributed by atoms with Gasteiger partial charge in [0.2, 0.25) is 47.3 Å². The van der Waals surface area contributed by atoms with E-state index in [1.807, 2.05) is 0 Å². The van der Waals surface area contributed by atoms with Crippen molar-refractivity contribution in [3.63, 3.8) is 0 Å². The predicted octanol–water partition coefficient (Wildman–Crippen LogP) is 9.95. The Labute approximate surface area is 617 Å². The maximum absolute atomic E-state index is 13.5. The van der Waals surface area contributed by atoms with Gasteiger partial charge in [-0.15, -0.1) is 49.6 Å². The molecule has 0 saturated heterocycles. The average molecular weight is 1480 g/mol. The van der Waals surface area contributed by atoms with Gasteiger partial charge in [-0.2, -0.15) is 0 Å². The van der Waals surface area contributed by atoms with Crippen molar-refractivity contribution in [3.8, 4) is 0 Å². The molecule has 0 bridgehead atoms. The van der Waals surface area contributed by atoms with E-state index in [9.17, 15) is 48.6 Å². The summed E-state index contributed by atoms with van der Waals surface area (Å²) >= 11 is 0. The second-order valence-corrected chi connectivity index (χ2v) is 25.7. The zero-order valence-corrected chi connectivity index (χ0v) is 63.9. The van der Waals surface area contributed by atoms with Gasteiger partial charge in [-0.05, 0) is 154 Å². The Morgan fingerprint density at radius 3 is 0.878 bits per heavy atom. The number of nitrogens with two attached hydrogens (primary N) is 4. The van der Waals surface area contributed by atoms with Gasteiger partial charge in [-0.25, -0.2) is 0 Å². The van der Waals surface area contributed by atoms with E-state index in [0.717, 1.165) is 89.9 Å². The average Bonchev–Trinajstić information content (AvgIpc) is 0.936. The number of aliphatic hydroxyl groups excluding tert-OH is 2. The summed E-state index contributed by atoms with van der Waals surface area (Å²) in [5, 5.41) is 42.3. The largest absolute Gasteiger partial charge is 0.394 e. The first-order valence-electron chi connectivity index (χ1n) is 37.4. The molecular formula is C72H142Cl4N12O10. The van der Waals surface area contributed by atoms with Crippen LogP contribution in [0.15, 0.2) is 24.3 Å². The summed E-state index contributed by atoms with van der Waals surface area (Å²) in [6, 6.07) is -6.28. The molecule has 0 aromatic heterocycles. The summed E-state index contributed by atoms with van der Waals surface area (Å²) < 4.78 is 0. The van der Waals surface area contributed by atoms with Crippen LogP contribution < -0.4 is 65.5 Å². The van der Waals surface area contributed by atoms with Crippen LogP contribution in [0.5, 0.6) is 0 Å². The first-order valence-corrected chi connectivity index (χ1v) is 37.4. The van der Waals surface area contributed by atoms with Crippen molar-refractivity contribution in [2.24, 2.45) is 22.9 Å². The van der Waals surface area contributed by atoms with Gasteiger partial charge in [0.1, 0.15) is 24.2 Å². The molecule has 0 radical (unpaired) electrons. The van der Waals surface area contributed by atoms with Crippen LogP contribution in [0.3, 0.4) is 0 Å². The molecule has 98 heavy (non-hydrogen) atoms. The summed E-state index contributed by atoms with van der Waals surface area (Å²) in [5.41, 5.74) is 23.2. The van der Waals surface area contributed by atoms with Crippen LogP contribution in [0.4, 0.5) is 0 Å². The first kappa shape index (κ1) is 103. The molecule has 0 spiro atoms. The molecule has 6 atom stereocenters. The van der Waals surface area contributed by atoms with E-state index in [1.54, 1.807) is 0 Å². The number of carbonyl (C=O) groups is 8. The highest BCUT2D eigenvalue weighted by Gasteiger charge is 2.29. The smallest absolute Gasteiger partial charge is 0.245 e. The van der Waals surface area contributed by atoms with Crippen molar-refractivity contribution >= 4 is 96.9 Å². The Balaban J connectivity index is -0.00000721. The van der Waals surface area contributed by atoms with Crippen LogP contribution in [0.2, 0.25) is 0 Å². The van der Waals surface area contributed by atoms with Crippen molar-refractivity contribution in [1.82, 2.24) is 42.5 Å². The van der Waals surface area contributed by atoms with Gasteiger partial charge in [0, 0.05) is 39.0 Å². The molecule has 0 aromatic rings. The molecule has 22 nitrogen and oxygen atoms in total. The zero-order valence-electron chi connectivity index (χ0n) is 60.6. The fourth-order valence-corrected chi connectivity index (χ4v) is 10.9. The summed E-state index contributed by atoms with van der Waals surface area (Å²) in [7, 11) is 0. The quantitative estimate of drug-likeness (QED) is 0.0199. The molecule has 0 aromatic carbocycles. The molecule has 0 aliphatic rings. The number of aliphatic hydroxyl groups is 2. The van der Waals surface area contributed by atoms with Gasteiger partial charge in [-0.1, -0.05) is 167 Å². The minimum Gasteiger partial charge on any atom is -0.394 e. The Bertz CT molecular complexity index is 1870. The molecule has 578 valence electrons. The maximum atomic E-state index is 13.5. The molecular weight excluding hydrogens is 1330 g/mol. The lowest BCUT2D eigenvalue weighted by Crippen LogP contribution is -2.57. The third kappa shape index (κ3) is 62.0. The Morgan fingerprint density at radius 2 is 0.571 bits per heavy atom. The second-order valence-electron chi connectivity index (χ2n) is 25.7. The van der Waals surface area contributed by atoms with Gasteiger partial charge in [-0.3, -0.25) is 38.4 Å². The second kappa shape index (κ2) is 75.8. The molecule has 18 N–H and O–H groups in total. The number of carbonyl (C=O) groups excluding carboxylic acids is 8. The number of hydrogen-bond donors (Lipinski definition) is 14. The minimum atomic E-state index is -1.31. The number of rotatable bonds is 67. The molecule has 0 aliphatic carbocycles. The third-order valence-corrected chi connectivity index (χ3v) is 17.0. The third-order valence-electron chi connectivity index (χ3n) is 17.0. The number of amides is 8. The van der Waals surface area contributed by atoms with Crippen molar-refractivity contribution in [3.05, 3.63) is 24.3 Å². The fourth-order valence-electron chi connectivity index (χ4n) is 10.9. The fraction of sp³-hybridized carbons (Fsp3) is 0.833.